The molecule has 2 aromatic carbocycles. The summed E-state index contributed by atoms with van der Waals surface area (Å²) in [6, 6.07) is 8.10. The number of aromatic hydroxyl groups is 2. The Morgan fingerprint density at radius 2 is 1.69 bits per heavy atom. The maximum atomic E-state index is 9.30. The van der Waals surface area contributed by atoms with E-state index in [1.165, 1.54) is 0 Å². The van der Waals surface area contributed by atoms with Gasteiger partial charge in [-0.15, -0.1) is 0 Å². The standard InChI is InChI=1S/C10H9NO2/c11-9-4-7-3-8(12)2-1-6(7)5-10(9)13/h1-5,12-13H,11H2. The van der Waals surface area contributed by atoms with E-state index in [9.17, 15) is 10.2 Å². The smallest absolute Gasteiger partial charge is 0.139 e. The van der Waals surface area contributed by atoms with Crippen molar-refractivity contribution >= 4 is 16.5 Å². The lowest BCUT2D eigenvalue weighted by molar-refractivity contribution is 0.475. The molecule has 0 aromatic heterocycles. The van der Waals surface area contributed by atoms with Gasteiger partial charge in [0.15, 0.2) is 0 Å². The van der Waals surface area contributed by atoms with Crippen molar-refractivity contribution < 1.29 is 10.2 Å². The highest BCUT2D eigenvalue weighted by Gasteiger charge is 2.00. The first-order chi connectivity index (χ1) is 6.16. The Morgan fingerprint density at radius 1 is 0.923 bits per heavy atom. The Hall–Kier alpha value is -1.90. The van der Waals surface area contributed by atoms with Crippen LogP contribution in [0.5, 0.6) is 11.5 Å². The predicted molar refractivity (Wildman–Crippen MR) is 51.7 cm³/mol. The van der Waals surface area contributed by atoms with Crippen molar-refractivity contribution in [2.45, 2.75) is 0 Å². The summed E-state index contributed by atoms with van der Waals surface area (Å²) in [5.74, 6) is 0.260. The van der Waals surface area contributed by atoms with E-state index >= 15 is 0 Å². The van der Waals surface area contributed by atoms with Gasteiger partial charge in [-0.1, -0.05) is 6.07 Å². The van der Waals surface area contributed by atoms with Crippen LogP contribution in [0.1, 0.15) is 0 Å². The summed E-state index contributed by atoms with van der Waals surface area (Å²) in [6.45, 7) is 0. The molecular formula is C10H9NO2. The van der Waals surface area contributed by atoms with Gasteiger partial charge >= 0.3 is 0 Å². The number of hydrogen-bond donors (Lipinski definition) is 3. The van der Waals surface area contributed by atoms with Gasteiger partial charge in [0.2, 0.25) is 0 Å². The molecule has 0 atom stereocenters. The second-order valence-corrected chi connectivity index (χ2v) is 2.94. The van der Waals surface area contributed by atoms with Crippen LogP contribution in [0.3, 0.4) is 0 Å². The van der Waals surface area contributed by atoms with Crippen LogP contribution in [-0.4, -0.2) is 10.2 Å². The van der Waals surface area contributed by atoms with Crippen molar-refractivity contribution in [2.75, 3.05) is 5.73 Å². The molecule has 0 bridgehead atoms. The van der Waals surface area contributed by atoms with E-state index in [4.69, 9.17) is 5.73 Å². The van der Waals surface area contributed by atoms with Gasteiger partial charge in [0, 0.05) is 0 Å². The largest absolute Gasteiger partial charge is 0.508 e. The minimum absolute atomic E-state index is 0.0678. The molecule has 0 unspecified atom stereocenters. The summed E-state index contributed by atoms with van der Waals surface area (Å²) in [5.41, 5.74) is 5.82. The lowest BCUT2D eigenvalue weighted by Gasteiger charge is -2.02. The molecule has 4 N–H and O–H groups in total. The third-order valence-corrected chi connectivity index (χ3v) is 1.97. The lowest BCUT2D eigenvalue weighted by Crippen LogP contribution is -1.85. The van der Waals surface area contributed by atoms with Crippen molar-refractivity contribution in [2.24, 2.45) is 0 Å². The number of nitrogens with two attached hydrogens (primary N) is 1. The van der Waals surface area contributed by atoms with Crippen LogP contribution in [0, 0.1) is 0 Å². The van der Waals surface area contributed by atoms with Crippen LogP contribution in [0.25, 0.3) is 10.8 Å². The molecule has 0 saturated carbocycles. The van der Waals surface area contributed by atoms with E-state index in [1.54, 1.807) is 30.3 Å². The second kappa shape index (κ2) is 2.55. The van der Waals surface area contributed by atoms with E-state index in [1.807, 2.05) is 0 Å². The molecule has 2 rings (SSSR count). The molecular weight excluding hydrogens is 166 g/mol. The quantitative estimate of drug-likeness (QED) is 0.422. The number of hydrogen-bond acceptors (Lipinski definition) is 3. The zero-order chi connectivity index (χ0) is 9.42. The number of fused-ring (bicyclic) bond motifs is 1. The summed E-state index contributed by atoms with van der Waals surface area (Å²) in [7, 11) is 0. The van der Waals surface area contributed by atoms with E-state index in [2.05, 4.69) is 0 Å². The molecule has 13 heavy (non-hydrogen) atoms. The SMILES string of the molecule is Nc1cc2cc(O)ccc2cc1O. The fraction of sp³-hybridized carbons (Fsp3) is 0. The van der Waals surface area contributed by atoms with Crippen LogP contribution in [0.2, 0.25) is 0 Å². The van der Waals surface area contributed by atoms with Gasteiger partial charge in [-0.05, 0) is 35.0 Å². The summed E-state index contributed by atoms with van der Waals surface area (Å²) < 4.78 is 0. The van der Waals surface area contributed by atoms with Crippen LogP contribution < -0.4 is 5.73 Å². The average Bonchev–Trinajstić information content (AvgIpc) is 2.08. The van der Waals surface area contributed by atoms with Gasteiger partial charge in [0.05, 0.1) is 5.69 Å². The first kappa shape index (κ1) is 7.73. The average molecular weight is 175 g/mol. The topological polar surface area (TPSA) is 66.5 Å². The van der Waals surface area contributed by atoms with Gasteiger partial charge in [-0.2, -0.15) is 0 Å². The molecule has 0 aliphatic carbocycles. The minimum atomic E-state index is 0.0678. The molecule has 0 aliphatic heterocycles. The van der Waals surface area contributed by atoms with E-state index in [0.717, 1.165) is 10.8 Å². The van der Waals surface area contributed by atoms with Gasteiger partial charge < -0.3 is 15.9 Å². The Bertz CT molecular complexity index is 466. The second-order valence-electron chi connectivity index (χ2n) is 2.94. The lowest BCUT2D eigenvalue weighted by atomic mass is 10.1. The van der Waals surface area contributed by atoms with Crippen molar-refractivity contribution in [3.05, 3.63) is 30.3 Å². The van der Waals surface area contributed by atoms with Crippen molar-refractivity contribution in [3.63, 3.8) is 0 Å². The Labute approximate surface area is 75.0 Å². The molecule has 0 fully saturated rings. The van der Waals surface area contributed by atoms with Gasteiger partial charge in [-0.3, -0.25) is 0 Å². The maximum Gasteiger partial charge on any atom is 0.139 e. The summed E-state index contributed by atoms with van der Waals surface area (Å²) in [4.78, 5) is 0. The number of nitrogen functional groups attached to an aromatic ring is 1. The van der Waals surface area contributed by atoms with Gasteiger partial charge in [-0.25, -0.2) is 0 Å². The van der Waals surface area contributed by atoms with Gasteiger partial charge in [0.1, 0.15) is 11.5 Å². The molecule has 3 nitrogen and oxygen atoms in total. The Morgan fingerprint density at radius 3 is 2.46 bits per heavy atom. The molecule has 0 heterocycles. The van der Waals surface area contributed by atoms with Crippen molar-refractivity contribution in [1.29, 1.82) is 0 Å². The fourth-order valence-corrected chi connectivity index (χ4v) is 1.29. The highest BCUT2D eigenvalue weighted by Crippen LogP contribution is 2.28. The van der Waals surface area contributed by atoms with Crippen LogP contribution >= 0.6 is 0 Å². The maximum absolute atomic E-state index is 9.30. The molecule has 0 spiro atoms. The van der Waals surface area contributed by atoms with E-state index < -0.39 is 0 Å². The Kier molecular flexibility index (Phi) is 1.52. The molecule has 0 amide bonds. The Balaban J connectivity index is 2.81. The summed E-state index contributed by atoms with van der Waals surface area (Å²) in [5, 5.41) is 20.2. The molecule has 66 valence electrons. The number of benzene rings is 2. The third kappa shape index (κ3) is 1.24. The van der Waals surface area contributed by atoms with Crippen LogP contribution in [-0.2, 0) is 0 Å². The number of anilines is 1. The molecule has 0 saturated heterocycles. The zero-order valence-corrected chi connectivity index (χ0v) is 6.86. The van der Waals surface area contributed by atoms with Crippen molar-refractivity contribution in [1.82, 2.24) is 0 Å². The molecule has 0 radical (unpaired) electrons. The number of phenolic OH excluding ortho intramolecular Hbond substituents is 2. The summed E-state index contributed by atoms with van der Waals surface area (Å²) >= 11 is 0. The van der Waals surface area contributed by atoms with E-state index in [0.29, 0.717) is 5.69 Å². The predicted octanol–water partition coefficient (Wildman–Crippen LogP) is 1.83. The highest BCUT2D eigenvalue weighted by atomic mass is 16.3. The first-order valence-electron chi connectivity index (χ1n) is 3.88. The summed E-state index contributed by atoms with van der Waals surface area (Å²) in [6.07, 6.45) is 0. The van der Waals surface area contributed by atoms with E-state index in [-0.39, 0.29) is 11.5 Å². The number of phenols is 2. The third-order valence-electron chi connectivity index (χ3n) is 1.97. The monoisotopic (exact) mass is 175 g/mol. The fourth-order valence-electron chi connectivity index (χ4n) is 1.29. The zero-order valence-electron chi connectivity index (χ0n) is 6.86. The molecule has 2 aromatic rings. The van der Waals surface area contributed by atoms with Crippen LogP contribution in [0.4, 0.5) is 5.69 Å². The normalized spacial score (nSPS) is 10.5. The van der Waals surface area contributed by atoms with Crippen molar-refractivity contribution in [3.8, 4) is 11.5 Å². The van der Waals surface area contributed by atoms with Crippen LogP contribution in [0.15, 0.2) is 30.3 Å². The first-order valence-corrected chi connectivity index (χ1v) is 3.88. The molecule has 3 heteroatoms. The minimum Gasteiger partial charge on any atom is -0.508 e. The van der Waals surface area contributed by atoms with Gasteiger partial charge in [0.25, 0.3) is 0 Å². The molecule has 0 aliphatic rings. The highest BCUT2D eigenvalue weighted by molar-refractivity contribution is 5.88. The number of rotatable bonds is 0.